The fraction of sp³-hybridized carbons (Fsp3) is 0.300. The van der Waals surface area contributed by atoms with Crippen LogP contribution in [0.15, 0.2) is 22.5 Å². The number of nitrogens with one attached hydrogen (secondary N) is 2. The first-order valence-electron chi connectivity index (χ1n) is 4.27. The molecule has 1 heterocycles. The highest BCUT2D eigenvalue weighted by atomic mass is 32.1. The maximum atomic E-state index is 5.13. The molecule has 0 unspecified atom stereocenters. The zero-order valence-electron chi connectivity index (χ0n) is 8.08. The van der Waals surface area contributed by atoms with Crippen molar-refractivity contribution in [2.75, 3.05) is 13.6 Å². The second-order valence-corrected chi connectivity index (χ2v) is 3.60. The first kappa shape index (κ1) is 10.6. The highest BCUT2D eigenvalue weighted by Crippen LogP contribution is 2.06. The minimum atomic E-state index is 0.490. The summed E-state index contributed by atoms with van der Waals surface area (Å²) in [5, 5.41) is 8.20. The molecule has 0 aliphatic rings. The molecule has 0 aliphatic carbocycles. The van der Waals surface area contributed by atoms with E-state index in [1.54, 1.807) is 18.4 Å². The second-order valence-electron chi connectivity index (χ2n) is 2.56. The molecule has 1 aromatic rings. The molecule has 0 fully saturated rings. The highest BCUT2D eigenvalue weighted by molar-refractivity contribution is 7.09. The summed E-state index contributed by atoms with van der Waals surface area (Å²) in [5.41, 5.74) is 0. The molecule has 3 nitrogen and oxygen atoms in total. The Hall–Kier alpha value is -1.47. The predicted molar refractivity (Wildman–Crippen MR) is 61.4 cm³/mol. The standard InChI is InChI=1S/C10H13N3S/c1-3-6-12-10(11-2)13-8-9-5-4-7-14-9/h1,4-5,7H,6,8H2,2H3,(H2,11,12,13). The Balaban J connectivity index is 2.32. The normalized spacial score (nSPS) is 10.7. The molecule has 0 spiro atoms. The van der Waals surface area contributed by atoms with Crippen molar-refractivity contribution in [3.05, 3.63) is 22.4 Å². The summed E-state index contributed by atoms with van der Waals surface area (Å²) in [5.74, 6) is 3.23. The Morgan fingerprint density at radius 3 is 3.07 bits per heavy atom. The van der Waals surface area contributed by atoms with Gasteiger partial charge in [0.25, 0.3) is 0 Å². The SMILES string of the molecule is C#CCNC(=NC)NCc1cccs1. The van der Waals surface area contributed by atoms with Crippen LogP contribution in [0.4, 0.5) is 0 Å². The van der Waals surface area contributed by atoms with Crippen molar-refractivity contribution in [2.45, 2.75) is 6.54 Å². The molecule has 0 saturated carbocycles. The van der Waals surface area contributed by atoms with Crippen molar-refractivity contribution < 1.29 is 0 Å². The second kappa shape index (κ2) is 6.06. The van der Waals surface area contributed by atoms with E-state index in [1.807, 2.05) is 6.07 Å². The fourth-order valence-corrected chi connectivity index (χ4v) is 1.58. The average Bonchev–Trinajstić information content (AvgIpc) is 2.71. The maximum Gasteiger partial charge on any atom is 0.192 e. The van der Waals surface area contributed by atoms with Gasteiger partial charge in [-0.25, -0.2) is 0 Å². The summed E-state index contributed by atoms with van der Waals surface area (Å²) >= 11 is 1.71. The van der Waals surface area contributed by atoms with Gasteiger partial charge in [0.05, 0.1) is 13.1 Å². The number of hydrogen-bond acceptors (Lipinski definition) is 2. The van der Waals surface area contributed by atoms with Crippen molar-refractivity contribution in [1.29, 1.82) is 0 Å². The van der Waals surface area contributed by atoms with Gasteiger partial charge in [-0.2, -0.15) is 0 Å². The summed E-state index contributed by atoms with van der Waals surface area (Å²) in [6.07, 6.45) is 5.13. The first-order valence-corrected chi connectivity index (χ1v) is 5.15. The number of nitrogens with zero attached hydrogens (tertiary/aromatic N) is 1. The van der Waals surface area contributed by atoms with Crippen LogP contribution < -0.4 is 10.6 Å². The molecule has 0 aliphatic heterocycles. The van der Waals surface area contributed by atoms with E-state index >= 15 is 0 Å². The molecule has 0 saturated heterocycles. The van der Waals surface area contributed by atoms with Gasteiger partial charge in [0.1, 0.15) is 0 Å². The van der Waals surface area contributed by atoms with Crippen LogP contribution in [0, 0.1) is 12.3 Å². The molecule has 0 bridgehead atoms. The smallest absolute Gasteiger partial charge is 0.192 e. The molecule has 2 N–H and O–H groups in total. The number of thiophene rings is 1. The van der Waals surface area contributed by atoms with E-state index < -0.39 is 0 Å². The zero-order valence-corrected chi connectivity index (χ0v) is 8.90. The summed E-state index contributed by atoms with van der Waals surface area (Å²) in [7, 11) is 1.72. The predicted octanol–water partition coefficient (Wildman–Crippen LogP) is 1.05. The van der Waals surface area contributed by atoms with Gasteiger partial charge >= 0.3 is 0 Å². The molecular formula is C10H13N3S. The van der Waals surface area contributed by atoms with E-state index in [1.165, 1.54) is 4.88 Å². The van der Waals surface area contributed by atoms with Crippen LogP contribution in [0.5, 0.6) is 0 Å². The largest absolute Gasteiger partial charge is 0.352 e. The van der Waals surface area contributed by atoms with E-state index in [2.05, 4.69) is 33.0 Å². The molecular weight excluding hydrogens is 194 g/mol. The number of rotatable bonds is 3. The van der Waals surface area contributed by atoms with Crippen molar-refractivity contribution >= 4 is 17.3 Å². The number of hydrogen-bond donors (Lipinski definition) is 2. The molecule has 1 rings (SSSR count). The lowest BCUT2D eigenvalue weighted by molar-refractivity contribution is 0.863. The van der Waals surface area contributed by atoms with Crippen LogP contribution in [-0.2, 0) is 6.54 Å². The Labute approximate surface area is 88.3 Å². The third kappa shape index (κ3) is 3.50. The summed E-state index contributed by atoms with van der Waals surface area (Å²) in [4.78, 5) is 5.30. The average molecular weight is 207 g/mol. The first-order chi connectivity index (χ1) is 6.86. The monoisotopic (exact) mass is 207 g/mol. The topological polar surface area (TPSA) is 36.4 Å². The van der Waals surface area contributed by atoms with Crippen molar-refractivity contribution in [3.8, 4) is 12.3 Å². The molecule has 4 heteroatoms. The maximum absolute atomic E-state index is 5.13. The van der Waals surface area contributed by atoms with Crippen molar-refractivity contribution in [3.63, 3.8) is 0 Å². The third-order valence-corrected chi connectivity index (χ3v) is 2.47. The van der Waals surface area contributed by atoms with E-state index in [0.717, 1.165) is 12.5 Å². The van der Waals surface area contributed by atoms with E-state index in [4.69, 9.17) is 6.42 Å². The summed E-state index contributed by atoms with van der Waals surface area (Å²) in [6.45, 7) is 1.27. The number of aliphatic imine (C=N–C) groups is 1. The minimum Gasteiger partial charge on any atom is -0.352 e. The zero-order chi connectivity index (χ0) is 10.2. The Morgan fingerprint density at radius 2 is 2.50 bits per heavy atom. The minimum absolute atomic E-state index is 0.490. The lowest BCUT2D eigenvalue weighted by Crippen LogP contribution is -2.36. The van der Waals surface area contributed by atoms with Gasteiger partial charge in [-0.05, 0) is 11.4 Å². The lowest BCUT2D eigenvalue weighted by Gasteiger charge is -2.08. The molecule has 14 heavy (non-hydrogen) atoms. The van der Waals surface area contributed by atoms with Crippen molar-refractivity contribution in [1.82, 2.24) is 10.6 Å². The fourth-order valence-electron chi connectivity index (χ4n) is 0.939. The van der Waals surface area contributed by atoms with Gasteiger partial charge in [-0.15, -0.1) is 17.8 Å². The number of terminal acetylenes is 1. The van der Waals surface area contributed by atoms with Gasteiger partial charge in [0.15, 0.2) is 5.96 Å². The Morgan fingerprint density at radius 1 is 1.64 bits per heavy atom. The molecule has 1 aromatic heterocycles. The van der Waals surface area contributed by atoms with Crippen molar-refractivity contribution in [2.24, 2.45) is 4.99 Å². The summed E-state index contributed by atoms with van der Waals surface area (Å²) in [6, 6.07) is 4.10. The molecule has 0 aromatic carbocycles. The summed E-state index contributed by atoms with van der Waals surface area (Å²) < 4.78 is 0. The quantitative estimate of drug-likeness (QED) is 0.441. The lowest BCUT2D eigenvalue weighted by atomic mass is 10.5. The van der Waals surface area contributed by atoms with Crippen LogP contribution in [-0.4, -0.2) is 19.6 Å². The van der Waals surface area contributed by atoms with Gasteiger partial charge in [0, 0.05) is 11.9 Å². The van der Waals surface area contributed by atoms with E-state index in [0.29, 0.717) is 6.54 Å². The van der Waals surface area contributed by atoms with Gasteiger partial charge in [-0.3, -0.25) is 4.99 Å². The van der Waals surface area contributed by atoms with Crippen LogP contribution >= 0.6 is 11.3 Å². The Kier molecular flexibility index (Phi) is 4.59. The molecule has 0 atom stereocenters. The van der Waals surface area contributed by atoms with Gasteiger partial charge in [0.2, 0.25) is 0 Å². The highest BCUT2D eigenvalue weighted by Gasteiger charge is 1.96. The van der Waals surface area contributed by atoms with Gasteiger partial charge < -0.3 is 10.6 Å². The van der Waals surface area contributed by atoms with Crippen LogP contribution in [0.25, 0.3) is 0 Å². The van der Waals surface area contributed by atoms with Gasteiger partial charge in [-0.1, -0.05) is 12.0 Å². The van der Waals surface area contributed by atoms with E-state index in [9.17, 15) is 0 Å². The molecule has 0 radical (unpaired) electrons. The van der Waals surface area contributed by atoms with Crippen LogP contribution in [0.2, 0.25) is 0 Å². The Bertz CT molecular complexity index is 322. The molecule has 74 valence electrons. The third-order valence-electron chi connectivity index (χ3n) is 1.59. The van der Waals surface area contributed by atoms with Crippen LogP contribution in [0.1, 0.15) is 4.88 Å². The van der Waals surface area contributed by atoms with E-state index in [-0.39, 0.29) is 0 Å². The number of guanidine groups is 1. The molecule has 0 amide bonds. The van der Waals surface area contributed by atoms with Crippen LogP contribution in [0.3, 0.4) is 0 Å².